The number of rotatable bonds is 17. The van der Waals surface area contributed by atoms with Crippen molar-refractivity contribution in [3.8, 4) is 0 Å². The van der Waals surface area contributed by atoms with E-state index in [-0.39, 0.29) is 24.5 Å². The molecule has 47 heavy (non-hydrogen) atoms. The lowest BCUT2D eigenvalue weighted by molar-refractivity contribution is -0.167. The molecule has 2 aromatic rings. The van der Waals surface area contributed by atoms with E-state index in [0.717, 1.165) is 32.0 Å². The molecular weight excluding hydrogens is 617 g/mol. The number of nitrogens with two attached hydrogens (primary N) is 1. The van der Waals surface area contributed by atoms with E-state index in [4.69, 9.17) is 19.9 Å². The maximum Gasteiger partial charge on any atom is 0.326 e. The number of nitrogens with one attached hydrogen (secondary N) is 2. The number of methoxy groups -OCH3 is 1. The van der Waals surface area contributed by atoms with Crippen molar-refractivity contribution >= 4 is 37.5 Å². The molecule has 0 spiro atoms. The minimum atomic E-state index is -1.27. The Morgan fingerprint density at radius 3 is 2.13 bits per heavy atom. The molecule has 2 saturated carbocycles. The number of fused-ring (bicyclic) bond motifs is 1. The third kappa shape index (κ3) is 10.1. The molecule has 0 radical (unpaired) electrons. The molecule has 0 amide bonds. The van der Waals surface area contributed by atoms with Crippen molar-refractivity contribution in [1.29, 1.82) is 0 Å². The molecule has 2 aliphatic rings. The van der Waals surface area contributed by atoms with Gasteiger partial charge in [0, 0.05) is 7.11 Å². The summed E-state index contributed by atoms with van der Waals surface area (Å²) in [5.41, 5.74) is 6.27. The highest BCUT2D eigenvalue weighted by molar-refractivity contribution is 7.53. The van der Waals surface area contributed by atoms with Crippen LogP contribution in [0.2, 0.25) is 0 Å². The Kier molecular flexibility index (Phi) is 13.7. The van der Waals surface area contributed by atoms with Crippen LogP contribution in [0.5, 0.6) is 0 Å². The van der Waals surface area contributed by atoms with Gasteiger partial charge < -0.3 is 29.3 Å². The van der Waals surface area contributed by atoms with Crippen molar-refractivity contribution < 1.29 is 23.8 Å². The van der Waals surface area contributed by atoms with Crippen molar-refractivity contribution in [1.82, 2.24) is 29.7 Å². The molecule has 2 atom stereocenters. The van der Waals surface area contributed by atoms with E-state index in [1.807, 2.05) is 18.6 Å². The predicted molar refractivity (Wildman–Crippen MR) is 188 cm³/mol. The van der Waals surface area contributed by atoms with Crippen LogP contribution in [0.15, 0.2) is 12.7 Å². The van der Waals surface area contributed by atoms with Gasteiger partial charge in [-0.15, -0.1) is 0 Å². The summed E-state index contributed by atoms with van der Waals surface area (Å²) in [5, 5.41) is 6.69. The van der Waals surface area contributed by atoms with E-state index in [1.54, 1.807) is 34.0 Å². The molecule has 12 nitrogen and oxygen atoms in total. The quantitative estimate of drug-likeness (QED) is 0.101. The van der Waals surface area contributed by atoms with Gasteiger partial charge in [0.05, 0.1) is 45.2 Å². The molecule has 0 saturated heterocycles. The Bertz CT molecular complexity index is 1300. The Labute approximate surface area is 282 Å². The molecule has 0 aliphatic heterocycles. The summed E-state index contributed by atoms with van der Waals surface area (Å²) in [4.78, 5) is 37.3. The van der Waals surface area contributed by atoms with Crippen LogP contribution in [-0.4, -0.2) is 74.6 Å². The van der Waals surface area contributed by atoms with E-state index in [1.165, 1.54) is 32.0 Å². The van der Waals surface area contributed by atoms with Gasteiger partial charge in [0.25, 0.3) is 0 Å². The lowest BCUT2D eigenvalue weighted by atomic mass is 9.63. The molecule has 0 aromatic carbocycles. The molecule has 4 N–H and O–H groups in total. The summed E-state index contributed by atoms with van der Waals surface area (Å²) < 4.78 is 19.1. The minimum absolute atomic E-state index is 0.0433. The molecule has 2 fully saturated rings. The number of imidazole rings is 1. The van der Waals surface area contributed by atoms with Crippen molar-refractivity contribution in [3.05, 3.63) is 12.7 Å². The molecular formula is C34H60N7O5P. The number of esters is 1. The molecule has 0 bridgehead atoms. The lowest BCUT2D eigenvalue weighted by Crippen LogP contribution is -2.52. The zero-order valence-corrected chi connectivity index (χ0v) is 31.3. The normalized spacial score (nSPS) is 19.2. The molecule has 2 unspecified atom stereocenters. The Balaban J connectivity index is 0.000000511. The summed E-state index contributed by atoms with van der Waals surface area (Å²) in [6.07, 6.45) is 13.7. The van der Waals surface area contributed by atoms with Crippen LogP contribution >= 0.6 is 8.22 Å². The van der Waals surface area contributed by atoms with Gasteiger partial charge in [-0.25, -0.2) is 15.0 Å². The highest BCUT2D eigenvalue weighted by Crippen LogP contribution is 2.49. The fourth-order valence-corrected chi connectivity index (χ4v) is 8.53. The second-order valence-electron chi connectivity index (χ2n) is 14.7. The van der Waals surface area contributed by atoms with Crippen LogP contribution in [0, 0.1) is 10.8 Å². The van der Waals surface area contributed by atoms with Crippen molar-refractivity contribution in [2.24, 2.45) is 10.8 Å². The molecule has 2 aliphatic carbocycles. The summed E-state index contributed by atoms with van der Waals surface area (Å²) >= 11 is 0. The number of aromatic nitrogens is 4. The predicted octanol–water partition coefficient (Wildman–Crippen LogP) is 6.13. The zero-order chi connectivity index (χ0) is 35.0. The van der Waals surface area contributed by atoms with Crippen LogP contribution in [0.25, 0.3) is 11.2 Å². The maximum atomic E-state index is 13.1. The van der Waals surface area contributed by atoms with Crippen LogP contribution < -0.4 is 15.9 Å². The molecule has 13 heteroatoms. The maximum absolute atomic E-state index is 13.1. The largest absolute Gasteiger partial charge is 0.461 e. The van der Waals surface area contributed by atoms with E-state index in [2.05, 4.69) is 52.8 Å². The van der Waals surface area contributed by atoms with Crippen LogP contribution in [0.3, 0.4) is 0 Å². The summed E-state index contributed by atoms with van der Waals surface area (Å²) in [7, 11) is 0.548. The highest BCUT2D eigenvalue weighted by Gasteiger charge is 2.45. The average Bonchev–Trinajstić information content (AvgIpc) is 3.41. The van der Waals surface area contributed by atoms with Gasteiger partial charge in [-0.1, -0.05) is 53.4 Å². The standard InChI is InChI=1S/C25H42N7O4P.C9H18O/c1-8-25(9-2)10-18(11-25)36-22(34)24(6,7)31-37(30-23(4,5)13-33)16-35-17(3)12-32-15-29-19-20(26)27-14-28-21(19)32;1-4-9(5-2)6-8(7-9)10-3/h13-15,17-18,30-31H,8-12,16H2,1-7H3,(H2,26,27,28);8H,4-7H2,1-3H3. The first-order valence-corrected chi connectivity index (χ1v) is 18.7. The number of carbonyl (C=O) groups is 2. The Hall–Kier alpha value is -2.24. The van der Waals surface area contributed by atoms with Gasteiger partial charge >= 0.3 is 5.97 Å². The minimum Gasteiger partial charge on any atom is -0.461 e. The fraction of sp³-hybridized carbons (Fsp3) is 0.794. The lowest BCUT2D eigenvalue weighted by Gasteiger charge is -2.47. The van der Waals surface area contributed by atoms with Gasteiger partial charge in [0.1, 0.15) is 29.8 Å². The van der Waals surface area contributed by atoms with Gasteiger partial charge in [-0.3, -0.25) is 15.0 Å². The van der Waals surface area contributed by atoms with Gasteiger partial charge in [-0.05, 0) is 71.1 Å². The Morgan fingerprint density at radius 2 is 1.60 bits per heavy atom. The second kappa shape index (κ2) is 16.4. The van der Waals surface area contributed by atoms with Crippen LogP contribution in [-0.2, 0) is 30.3 Å². The number of aldehydes is 1. The zero-order valence-electron chi connectivity index (χ0n) is 30.4. The number of carbonyl (C=O) groups excluding carboxylic acids is 2. The monoisotopic (exact) mass is 677 g/mol. The van der Waals surface area contributed by atoms with Gasteiger partial charge in [0.2, 0.25) is 0 Å². The van der Waals surface area contributed by atoms with Gasteiger partial charge in [0.15, 0.2) is 11.5 Å². The average molecular weight is 678 g/mol. The first kappa shape index (κ1) is 39.2. The van der Waals surface area contributed by atoms with Crippen LogP contribution in [0.1, 0.15) is 114 Å². The van der Waals surface area contributed by atoms with Crippen molar-refractivity contribution in [2.75, 3.05) is 19.2 Å². The molecule has 4 rings (SSSR count). The van der Waals surface area contributed by atoms with E-state index in [9.17, 15) is 9.59 Å². The number of hydrogen-bond acceptors (Lipinski definition) is 11. The van der Waals surface area contributed by atoms with E-state index >= 15 is 0 Å². The molecule has 2 heterocycles. The first-order chi connectivity index (χ1) is 22.1. The SMILES string of the molecule is CCC1(CC)CC(OC(=O)C(C)(C)NP(COC(C)Cn2cnc3c(N)ncnc32)NC(C)(C)C=O)C1.CCC1(CC)CC(OC)C1. The third-order valence-corrected chi connectivity index (χ3v) is 12.3. The molecule has 2 aromatic heterocycles. The van der Waals surface area contributed by atoms with E-state index in [0.29, 0.717) is 40.5 Å². The summed E-state index contributed by atoms with van der Waals surface area (Å²) in [6, 6.07) is 0. The number of hydrogen-bond donors (Lipinski definition) is 3. The number of ether oxygens (including phenoxy) is 3. The third-order valence-electron chi connectivity index (χ3n) is 10.3. The number of nitrogen functional groups attached to an aromatic ring is 1. The summed E-state index contributed by atoms with van der Waals surface area (Å²) in [5.74, 6) is 0.0307. The fourth-order valence-electron chi connectivity index (χ4n) is 6.43. The second-order valence-corrected chi connectivity index (χ2v) is 16.2. The van der Waals surface area contributed by atoms with Crippen LogP contribution in [0.4, 0.5) is 5.82 Å². The number of nitrogens with zero attached hydrogens (tertiary/aromatic N) is 4. The van der Waals surface area contributed by atoms with Crippen molar-refractivity contribution in [2.45, 2.75) is 150 Å². The topological polar surface area (TPSA) is 156 Å². The van der Waals surface area contributed by atoms with Gasteiger partial charge in [-0.2, -0.15) is 0 Å². The number of anilines is 1. The van der Waals surface area contributed by atoms with Crippen molar-refractivity contribution in [3.63, 3.8) is 0 Å². The molecule has 266 valence electrons. The smallest absolute Gasteiger partial charge is 0.326 e. The Morgan fingerprint density at radius 1 is 1.02 bits per heavy atom. The first-order valence-electron chi connectivity index (χ1n) is 17.2. The summed E-state index contributed by atoms with van der Waals surface area (Å²) in [6.45, 7) is 18.6. The van der Waals surface area contributed by atoms with E-state index < -0.39 is 19.3 Å². The highest BCUT2D eigenvalue weighted by atomic mass is 31.1.